The lowest BCUT2D eigenvalue weighted by atomic mass is 10.1. The summed E-state index contributed by atoms with van der Waals surface area (Å²) in [7, 11) is 0. The number of Topliss-reactive ketones (excluding diaryl/α,β-unsaturated/α-hetero) is 1. The van der Waals surface area contributed by atoms with Gasteiger partial charge in [0.1, 0.15) is 0 Å². The average Bonchev–Trinajstić information content (AvgIpc) is 2.78. The number of carbonyl (C=O) groups excluding carboxylic acids is 1. The number of ether oxygens (including phenoxy) is 2. The summed E-state index contributed by atoms with van der Waals surface area (Å²) in [6.45, 7) is 4.72. The molecule has 1 N–H and O–H groups in total. The van der Waals surface area contributed by atoms with Crippen LogP contribution in [0.4, 0.5) is 0 Å². The van der Waals surface area contributed by atoms with Gasteiger partial charge in [-0.2, -0.15) is 0 Å². The Balaban J connectivity index is 1.60. The van der Waals surface area contributed by atoms with Crippen molar-refractivity contribution in [1.29, 1.82) is 0 Å². The maximum absolute atomic E-state index is 12.3. The molecule has 2 heterocycles. The fourth-order valence-electron chi connectivity index (χ4n) is 3.07. The molecule has 3 rings (SSSR count). The summed E-state index contributed by atoms with van der Waals surface area (Å²) in [5.74, 6) is 1.68. The Hall–Kier alpha value is -1.55. The van der Waals surface area contributed by atoms with E-state index < -0.39 is 0 Å². The van der Waals surface area contributed by atoms with Crippen molar-refractivity contribution in [2.75, 3.05) is 32.8 Å². The minimum absolute atomic E-state index is 0.212. The largest absolute Gasteiger partial charge is 0.490 e. The minimum Gasteiger partial charge on any atom is -0.490 e. The Morgan fingerprint density at radius 3 is 2.57 bits per heavy atom. The van der Waals surface area contributed by atoms with Crippen LogP contribution >= 0.6 is 0 Å². The molecule has 1 aromatic carbocycles. The molecule has 0 aliphatic carbocycles. The molecule has 21 heavy (non-hydrogen) atoms. The lowest BCUT2D eigenvalue weighted by Crippen LogP contribution is -3.12. The maximum Gasteiger partial charge on any atom is 0.168 e. The van der Waals surface area contributed by atoms with Crippen LogP contribution in [0.15, 0.2) is 18.2 Å². The first kappa shape index (κ1) is 14.4. The van der Waals surface area contributed by atoms with Crippen molar-refractivity contribution in [3.8, 4) is 11.5 Å². The molecule has 2 aliphatic rings. The predicted molar refractivity (Wildman–Crippen MR) is 80.4 cm³/mol. The first-order chi connectivity index (χ1) is 10.3. The highest BCUT2D eigenvalue weighted by Crippen LogP contribution is 2.30. The molecule has 4 nitrogen and oxygen atoms in total. The Kier molecular flexibility index (Phi) is 4.76. The fourth-order valence-corrected chi connectivity index (χ4v) is 3.07. The topological polar surface area (TPSA) is 40.0 Å². The number of nitrogens with one attached hydrogen (secondary N) is 1. The second-order valence-corrected chi connectivity index (χ2v) is 5.95. The summed E-state index contributed by atoms with van der Waals surface area (Å²) in [5, 5.41) is 0. The zero-order valence-corrected chi connectivity index (χ0v) is 12.5. The van der Waals surface area contributed by atoms with Crippen molar-refractivity contribution >= 4 is 5.78 Å². The molecule has 2 aliphatic heterocycles. The third kappa shape index (κ3) is 3.76. The van der Waals surface area contributed by atoms with Crippen LogP contribution in [0.1, 0.15) is 42.5 Å². The molecule has 0 aromatic heterocycles. The second kappa shape index (κ2) is 6.94. The van der Waals surface area contributed by atoms with Crippen molar-refractivity contribution in [2.45, 2.75) is 32.1 Å². The second-order valence-electron chi connectivity index (χ2n) is 5.95. The first-order valence-electron chi connectivity index (χ1n) is 8.09. The summed E-state index contributed by atoms with van der Waals surface area (Å²) in [6, 6.07) is 5.57. The molecular weight excluding hydrogens is 266 g/mol. The standard InChI is InChI=1S/C17H23NO3/c19-15(7-10-18-8-2-1-3-9-18)14-5-6-16-17(13-14)21-12-4-11-20-16/h5-6,13H,1-4,7-12H2/p+1. The summed E-state index contributed by atoms with van der Waals surface area (Å²) in [6.07, 6.45) is 5.45. The van der Waals surface area contributed by atoms with Gasteiger partial charge in [-0.3, -0.25) is 4.79 Å². The van der Waals surface area contributed by atoms with Crippen LogP contribution in [-0.2, 0) is 0 Å². The van der Waals surface area contributed by atoms with E-state index in [2.05, 4.69) is 0 Å². The molecule has 114 valence electrons. The molecule has 1 aromatic rings. The van der Waals surface area contributed by atoms with E-state index in [0.29, 0.717) is 25.4 Å². The Morgan fingerprint density at radius 1 is 1.00 bits per heavy atom. The Labute approximate surface area is 126 Å². The highest BCUT2D eigenvalue weighted by molar-refractivity contribution is 5.96. The molecule has 0 radical (unpaired) electrons. The number of carbonyl (C=O) groups is 1. The summed E-state index contributed by atoms with van der Waals surface area (Å²) < 4.78 is 11.2. The number of hydrogen-bond acceptors (Lipinski definition) is 3. The number of quaternary nitrogens is 1. The van der Waals surface area contributed by atoms with Gasteiger partial charge in [0.25, 0.3) is 0 Å². The van der Waals surface area contributed by atoms with Crippen LogP contribution in [0.2, 0.25) is 0 Å². The molecule has 0 spiro atoms. The molecular formula is C17H24NO3+. The van der Waals surface area contributed by atoms with Gasteiger partial charge in [0.2, 0.25) is 0 Å². The Bertz CT molecular complexity index is 495. The summed E-state index contributed by atoms with van der Waals surface area (Å²) in [5.41, 5.74) is 0.746. The number of piperidine rings is 1. The van der Waals surface area contributed by atoms with Gasteiger partial charge in [-0.1, -0.05) is 0 Å². The molecule has 0 bridgehead atoms. The van der Waals surface area contributed by atoms with E-state index >= 15 is 0 Å². The van der Waals surface area contributed by atoms with Crippen LogP contribution < -0.4 is 14.4 Å². The van der Waals surface area contributed by atoms with Crippen LogP contribution in [-0.4, -0.2) is 38.6 Å². The number of likely N-dealkylation sites (tertiary alicyclic amines) is 1. The number of fused-ring (bicyclic) bond motifs is 1. The smallest absolute Gasteiger partial charge is 0.168 e. The third-order valence-corrected chi connectivity index (χ3v) is 4.34. The van der Waals surface area contributed by atoms with Crippen molar-refractivity contribution < 1.29 is 19.2 Å². The number of hydrogen-bond donors (Lipinski definition) is 1. The highest BCUT2D eigenvalue weighted by atomic mass is 16.5. The van der Waals surface area contributed by atoms with Gasteiger partial charge < -0.3 is 14.4 Å². The van der Waals surface area contributed by atoms with E-state index in [1.165, 1.54) is 32.4 Å². The van der Waals surface area contributed by atoms with Gasteiger partial charge in [-0.25, -0.2) is 0 Å². The van der Waals surface area contributed by atoms with Gasteiger partial charge in [0.05, 0.1) is 39.3 Å². The molecule has 1 fully saturated rings. The van der Waals surface area contributed by atoms with Crippen molar-refractivity contribution in [3.63, 3.8) is 0 Å². The normalized spacial score (nSPS) is 19.0. The molecule has 0 unspecified atom stereocenters. The van der Waals surface area contributed by atoms with Crippen molar-refractivity contribution in [2.24, 2.45) is 0 Å². The quantitative estimate of drug-likeness (QED) is 0.854. The molecule has 0 atom stereocenters. The van der Waals surface area contributed by atoms with E-state index in [0.717, 1.165) is 24.3 Å². The minimum atomic E-state index is 0.212. The van der Waals surface area contributed by atoms with E-state index in [1.54, 1.807) is 4.90 Å². The van der Waals surface area contributed by atoms with Crippen LogP contribution in [0.25, 0.3) is 0 Å². The van der Waals surface area contributed by atoms with Gasteiger partial charge in [0, 0.05) is 12.0 Å². The van der Waals surface area contributed by atoms with Crippen LogP contribution in [0.5, 0.6) is 11.5 Å². The molecule has 0 saturated carbocycles. The lowest BCUT2D eigenvalue weighted by molar-refractivity contribution is -0.904. The number of benzene rings is 1. The predicted octanol–water partition coefficient (Wildman–Crippen LogP) is 1.49. The maximum atomic E-state index is 12.3. The van der Waals surface area contributed by atoms with Gasteiger partial charge >= 0.3 is 0 Å². The zero-order valence-electron chi connectivity index (χ0n) is 12.5. The van der Waals surface area contributed by atoms with Gasteiger partial charge in [0.15, 0.2) is 17.3 Å². The fraction of sp³-hybridized carbons (Fsp3) is 0.588. The summed E-state index contributed by atoms with van der Waals surface area (Å²) >= 11 is 0. The lowest BCUT2D eigenvalue weighted by Gasteiger charge is -2.23. The SMILES string of the molecule is O=C(CC[NH+]1CCCCC1)c1ccc2c(c1)OCCCO2. The van der Waals surface area contributed by atoms with E-state index in [9.17, 15) is 4.79 Å². The highest BCUT2D eigenvalue weighted by Gasteiger charge is 2.17. The number of rotatable bonds is 4. The number of ketones is 1. The van der Waals surface area contributed by atoms with Crippen LogP contribution in [0.3, 0.4) is 0 Å². The first-order valence-corrected chi connectivity index (χ1v) is 8.09. The molecule has 4 heteroatoms. The third-order valence-electron chi connectivity index (χ3n) is 4.34. The molecule has 1 saturated heterocycles. The van der Waals surface area contributed by atoms with Gasteiger partial charge in [-0.05, 0) is 37.5 Å². The van der Waals surface area contributed by atoms with Crippen molar-refractivity contribution in [3.05, 3.63) is 23.8 Å². The molecule has 0 amide bonds. The van der Waals surface area contributed by atoms with Crippen molar-refractivity contribution in [1.82, 2.24) is 0 Å². The van der Waals surface area contributed by atoms with E-state index in [-0.39, 0.29) is 5.78 Å². The zero-order chi connectivity index (χ0) is 14.5. The van der Waals surface area contributed by atoms with E-state index in [1.807, 2.05) is 18.2 Å². The van der Waals surface area contributed by atoms with Gasteiger partial charge in [-0.15, -0.1) is 0 Å². The monoisotopic (exact) mass is 290 g/mol. The Morgan fingerprint density at radius 2 is 1.76 bits per heavy atom. The van der Waals surface area contributed by atoms with E-state index in [4.69, 9.17) is 9.47 Å². The van der Waals surface area contributed by atoms with Crippen LogP contribution in [0, 0.1) is 0 Å². The average molecular weight is 290 g/mol. The summed E-state index contributed by atoms with van der Waals surface area (Å²) in [4.78, 5) is 13.9.